The maximum atomic E-state index is 12.4. The molecular weight excluding hydrogens is 424 g/mol. The van der Waals surface area contributed by atoms with Crippen LogP contribution in [0.2, 0.25) is 0 Å². The molecule has 0 fully saturated rings. The van der Waals surface area contributed by atoms with Gasteiger partial charge in [0.2, 0.25) is 5.91 Å². The first-order chi connectivity index (χ1) is 16.3. The number of carbonyl (C=O) groups is 2. The Balaban J connectivity index is 3.84. The zero-order valence-electron chi connectivity index (χ0n) is 23.4. The number of rotatable bonds is 24. The molecule has 0 bridgehead atoms. The van der Waals surface area contributed by atoms with Gasteiger partial charge in [-0.1, -0.05) is 117 Å². The zero-order chi connectivity index (χ0) is 25.6. The second-order valence-corrected chi connectivity index (χ2v) is 10.9. The highest BCUT2D eigenvalue weighted by molar-refractivity contribution is 5.84. The van der Waals surface area contributed by atoms with Crippen molar-refractivity contribution in [1.29, 1.82) is 0 Å². The molecule has 0 saturated carbocycles. The lowest BCUT2D eigenvalue weighted by molar-refractivity contribution is -0.147. The number of unbranched alkanes of at least 4 members (excludes halogenated alkanes) is 13. The average molecular weight is 483 g/mol. The molecule has 0 aromatic carbocycles. The summed E-state index contributed by atoms with van der Waals surface area (Å²) in [5, 5.41) is 12.6. The molecule has 5 heteroatoms. The third-order valence-corrected chi connectivity index (χ3v) is 7.12. The monoisotopic (exact) mass is 482 g/mol. The van der Waals surface area contributed by atoms with E-state index in [2.05, 4.69) is 24.1 Å². The van der Waals surface area contributed by atoms with Crippen LogP contribution in [-0.2, 0) is 9.59 Å². The van der Waals surface area contributed by atoms with Gasteiger partial charge in [0, 0.05) is 12.5 Å². The van der Waals surface area contributed by atoms with Crippen molar-refractivity contribution in [2.75, 3.05) is 27.2 Å². The summed E-state index contributed by atoms with van der Waals surface area (Å²) in [5.41, 5.74) is 0. The van der Waals surface area contributed by atoms with E-state index in [4.69, 9.17) is 0 Å². The first kappa shape index (κ1) is 32.9. The summed E-state index contributed by atoms with van der Waals surface area (Å²) in [6, 6.07) is 0. The van der Waals surface area contributed by atoms with Gasteiger partial charge >= 0.3 is 5.97 Å². The number of amides is 1. The van der Waals surface area contributed by atoms with Gasteiger partial charge in [0.15, 0.2) is 0 Å². The Bertz CT molecular complexity index is 496. The standard InChI is InChI=1S/C29H58N2O3/c1-6-7-8-9-10-11-12-13-14-15-16-17-18-19-21-25(2)24-27(29(33)34)26(3)28(32)30-22-20-23-31(4)5/h25-27H,6-24H2,1-5H3,(H,30,32)(H,33,34). The number of carboxylic acids is 1. The quantitative estimate of drug-likeness (QED) is 0.142. The first-order valence-electron chi connectivity index (χ1n) is 14.4. The fraction of sp³-hybridized carbons (Fsp3) is 0.931. The molecule has 0 saturated heterocycles. The van der Waals surface area contributed by atoms with Crippen LogP contribution < -0.4 is 5.32 Å². The minimum atomic E-state index is -0.844. The van der Waals surface area contributed by atoms with Gasteiger partial charge in [0.1, 0.15) is 0 Å². The molecule has 0 aliphatic carbocycles. The lowest BCUT2D eigenvalue weighted by Crippen LogP contribution is -2.38. The molecule has 3 atom stereocenters. The second-order valence-electron chi connectivity index (χ2n) is 10.9. The number of aliphatic carboxylic acids is 1. The third kappa shape index (κ3) is 19.2. The Labute approximate surface area is 211 Å². The van der Waals surface area contributed by atoms with Crippen molar-refractivity contribution in [3.63, 3.8) is 0 Å². The molecule has 1 amide bonds. The van der Waals surface area contributed by atoms with Crippen LogP contribution in [0.3, 0.4) is 0 Å². The number of hydrogen-bond donors (Lipinski definition) is 2. The summed E-state index contributed by atoms with van der Waals surface area (Å²) in [6.07, 6.45) is 21.4. The fourth-order valence-electron chi connectivity index (χ4n) is 4.71. The van der Waals surface area contributed by atoms with Gasteiger partial charge in [-0.05, 0) is 39.4 Å². The maximum absolute atomic E-state index is 12.4. The SMILES string of the molecule is CCCCCCCCCCCCCCCCC(C)CC(C(=O)O)C(C)C(=O)NCCCN(C)C. The third-order valence-electron chi connectivity index (χ3n) is 7.12. The van der Waals surface area contributed by atoms with Crippen LogP contribution in [0.25, 0.3) is 0 Å². The normalized spacial score (nSPS) is 14.2. The molecule has 0 radical (unpaired) electrons. The van der Waals surface area contributed by atoms with Crippen molar-refractivity contribution < 1.29 is 14.7 Å². The van der Waals surface area contributed by atoms with Crippen LogP contribution in [0.4, 0.5) is 0 Å². The van der Waals surface area contributed by atoms with Gasteiger partial charge in [0.05, 0.1) is 5.92 Å². The topological polar surface area (TPSA) is 69.6 Å². The fourth-order valence-corrected chi connectivity index (χ4v) is 4.71. The number of carboxylic acid groups (broad SMARTS) is 1. The molecule has 0 heterocycles. The van der Waals surface area contributed by atoms with E-state index >= 15 is 0 Å². The highest BCUT2D eigenvalue weighted by atomic mass is 16.4. The van der Waals surface area contributed by atoms with E-state index in [1.54, 1.807) is 6.92 Å². The molecular formula is C29H58N2O3. The van der Waals surface area contributed by atoms with Crippen molar-refractivity contribution in [1.82, 2.24) is 10.2 Å². The molecule has 3 unspecified atom stereocenters. The van der Waals surface area contributed by atoms with Crippen LogP contribution >= 0.6 is 0 Å². The molecule has 34 heavy (non-hydrogen) atoms. The molecule has 5 nitrogen and oxygen atoms in total. The smallest absolute Gasteiger partial charge is 0.307 e. The summed E-state index contributed by atoms with van der Waals surface area (Å²) in [4.78, 5) is 26.3. The highest BCUT2D eigenvalue weighted by Gasteiger charge is 2.31. The average Bonchev–Trinajstić information content (AvgIpc) is 2.79. The molecule has 0 aromatic rings. The van der Waals surface area contributed by atoms with Gasteiger partial charge in [-0.15, -0.1) is 0 Å². The Morgan fingerprint density at radius 1 is 0.765 bits per heavy atom. The van der Waals surface area contributed by atoms with E-state index in [1.165, 1.54) is 83.5 Å². The van der Waals surface area contributed by atoms with E-state index in [0.29, 0.717) is 18.9 Å². The van der Waals surface area contributed by atoms with Crippen LogP contribution in [0.1, 0.15) is 130 Å². The molecule has 202 valence electrons. The zero-order valence-corrected chi connectivity index (χ0v) is 23.4. The van der Waals surface area contributed by atoms with E-state index in [1.807, 2.05) is 14.1 Å². The van der Waals surface area contributed by atoms with E-state index in [0.717, 1.165) is 25.8 Å². The maximum Gasteiger partial charge on any atom is 0.307 e. The van der Waals surface area contributed by atoms with Gasteiger partial charge in [0.25, 0.3) is 0 Å². The molecule has 2 N–H and O–H groups in total. The first-order valence-corrected chi connectivity index (χ1v) is 14.4. The summed E-state index contributed by atoms with van der Waals surface area (Å²) >= 11 is 0. The molecule has 0 aliphatic rings. The van der Waals surface area contributed by atoms with Crippen LogP contribution in [0.15, 0.2) is 0 Å². The van der Waals surface area contributed by atoms with Crippen molar-refractivity contribution >= 4 is 11.9 Å². The minimum Gasteiger partial charge on any atom is -0.481 e. The molecule has 0 aromatic heterocycles. The van der Waals surface area contributed by atoms with Gasteiger partial charge in [-0.25, -0.2) is 0 Å². The lowest BCUT2D eigenvalue weighted by Gasteiger charge is -2.23. The summed E-state index contributed by atoms with van der Waals surface area (Å²) < 4.78 is 0. The van der Waals surface area contributed by atoms with E-state index < -0.39 is 17.8 Å². The van der Waals surface area contributed by atoms with Crippen molar-refractivity contribution in [2.45, 2.75) is 130 Å². The van der Waals surface area contributed by atoms with Crippen LogP contribution in [0.5, 0.6) is 0 Å². The van der Waals surface area contributed by atoms with E-state index in [9.17, 15) is 14.7 Å². The molecule has 0 aliphatic heterocycles. The largest absolute Gasteiger partial charge is 0.481 e. The number of nitrogens with zero attached hydrogens (tertiary/aromatic N) is 1. The van der Waals surface area contributed by atoms with Crippen molar-refractivity contribution in [3.8, 4) is 0 Å². The summed E-state index contributed by atoms with van der Waals surface area (Å²) in [7, 11) is 4.01. The number of nitrogens with one attached hydrogen (secondary N) is 1. The number of hydrogen-bond acceptors (Lipinski definition) is 3. The molecule has 0 rings (SSSR count). The lowest BCUT2D eigenvalue weighted by atomic mass is 9.83. The Hall–Kier alpha value is -1.10. The Kier molecular flexibility index (Phi) is 21.6. The second kappa shape index (κ2) is 22.4. The highest BCUT2D eigenvalue weighted by Crippen LogP contribution is 2.25. The van der Waals surface area contributed by atoms with Gasteiger partial charge in [-0.3, -0.25) is 9.59 Å². The van der Waals surface area contributed by atoms with Gasteiger partial charge in [-0.2, -0.15) is 0 Å². The van der Waals surface area contributed by atoms with Crippen molar-refractivity contribution in [2.24, 2.45) is 17.8 Å². The Morgan fingerprint density at radius 2 is 1.24 bits per heavy atom. The van der Waals surface area contributed by atoms with Crippen LogP contribution in [-0.4, -0.2) is 49.1 Å². The van der Waals surface area contributed by atoms with E-state index in [-0.39, 0.29) is 5.91 Å². The Morgan fingerprint density at radius 3 is 1.68 bits per heavy atom. The summed E-state index contributed by atoms with van der Waals surface area (Å²) in [5.74, 6) is -1.73. The number of carbonyl (C=O) groups excluding carboxylic acids is 1. The predicted octanol–water partition coefficient (Wildman–Crippen LogP) is 7.29. The summed E-state index contributed by atoms with van der Waals surface area (Å²) in [6.45, 7) is 7.68. The predicted molar refractivity (Wildman–Crippen MR) is 145 cm³/mol. The minimum absolute atomic E-state index is 0.130. The molecule has 0 spiro atoms. The van der Waals surface area contributed by atoms with Crippen LogP contribution in [0, 0.1) is 17.8 Å². The van der Waals surface area contributed by atoms with Crippen molar-refractivity contribution in [3.05, 3.63) is 0 Å². The van der Waals surface area contributed by atoms with Gasteiger partial charge < -0.3 is 15.3 Å².